The number of anilines is 1. The number of rotatable bonds is 3. The van der Waals surface area contributed by atoms with Crippen molar-refractivity contribution >= 4 is 28.4 Å². The van der Waals surface area contributed by atoms with E-state index in [2.05, 4.69) is 66.3 Å². The highest BCUT2D eigenvalue weighted by Crippen LogP contribution is 2.54. The lowest BCUT2D eigenvalue weighted by molar-refractivity contribution is 0.0762. The minimum absolute atomic E-state index is 0.235. The Labute approximate surface area is 190 Å². The first-order valence-corrected chi connectivity index (χ1v) is 12.1. The monoisotopic (exact) mass is 425 g/mol. The molecule has 1 fully saturated rings. The zero-order chi connectivity index (χ0) is 21.8. The summed E-state index contributed by atoms with van der Waals surface area (Å²) in [5.41, 5.74) is 2.64. The van der Waals surface area contributed by atoms with E-state index in [4.69, 9.17) is 9.73 Å². The molecule has 164 valence electrons. The lowest BCUT2D eigenvalue weighted by Crippen LogP contribution is -2.62. The molecule has 1 saturated carbocycles. The zero-order valence-corrected chi connectivity index (χ0v) is 19.1. The third-order valence-corrected chi connectivity index (χ3v) is 8.04. The summed E-state index contributed by atoms with van der Waals surface area (Å²) in [6.45, 7) is 5.58. The van der Waals surface area contributed by atoms with Gasteiger partial charge in [0.15, 0.2) is 0 Å². The summed E-state index contributed by atoms with van der Waals surface area (Å²) in [4.78, 5) is 11.9. The lowest BCUT2D eigenvalue weighted by Gasteiger charge is -2.46. The van der Waals surface area contributed by atoms with Gasteiger partial charge in [0.2, 0.25) is 5.72 Å². The van der Waals surface area contributed by atoms with Gasteiger partial charge >= 0.3 is 0 Å². The summed E-state index contributed by atoms with van der Waals surface area (Å²) in [7, 11) is 0. The molecule has 1 spiro atoms. The molecule has 32 heavy (non-hydrogen) atoms. The molecule has 2 aromatic carbocycles. The second-order valence-corrected chi connectivity index (χ2v) is 10.2. The first-order chi connectivity index (χ1) is 15.6. The van der Waals surface area contributed by atoms with E-state index in [1.54, 1.807) is 0 Å². The van der Waals surface area contributed by atoms with E-state index in [-0.39, 0.29) is 5.41 Å². The van der Waals surface area contributed by atoms with Crippen LogP contribution in [0.2, 0.25) is 0 Å². The third-order valence-electron chi connectivity index (χ3n) is 8.04. The van der Waals surface area contributed by atoms with Crippen molar-refractivity contribution in [3.63, 3.8) is 0 Å². The number of hydrogen-bond donors (Lipinski definition) is 0. The molecule has 3 aliphatic rings. The molecule has 3 aromatic rings. The smallest absolute Gasteiger partial charge is 0.228 e. The highest BCUT2D eigenvalue weighted by Gasteiger charge is 2.59. The van der Waals surface area contributed by atoms with Crippen molar-refractivity contribution in [2.24, 2.45) is 10.9 Å². The summed E-state index contributed by atoms with van der Waals surface area (Å²) in [5, 5.41) is 2.18. The first-order valence-electron chi connectivity index (χ1n) is 12.1. The van der Waals surface area contributed by atoms with Crippen LogP contribution in [-0.2, 0) is 5.41 Å². The van der Waals surface area contributed by atoms with Crippen molar-refractivity contribution in [2.75, 3.05) is 11.4 Å². The highest BCUT2D eigenvalue weighted by atomic mass is 16.5. The number of aromatic nitrogens is 1. The molecule has 0 radical (unpaired) electrons. The van der Waals surface area contributed by atoms with Gasteiger partial charge in [-0.3, -0.25) is 9.98 Å². The normalized spacial score (nSPS) is 23.9. The average molecular weight is 426 g/mol. The van der Waals surface area contributed by atoms with Crippen LogP contribution in [-0.4, -0.2) is 23.5 Å². The van der Waals surface area contributed by atoms with E-state index in [0.717, 1.165) is 34.7 Å². The summed E-state index contributed by atoms with van der Waals surface area (Å²) in [6.07, 6.45) is 13.9. The maximum atomic E-state index is 6.99. The Bertz CT molecular complexity index is 1190. The Kier molecular flexibility index (Phi) is 4.53. The third kappa shape index (κ3) is 2.81. The van der Waals surface area contributed by atoms with Crippen LogP contribution in [0.15, 0.2) is 59.9 Å². The van der Waals surface area contributed by atoms with Crippen LogP contribution < -0.4 is 9.64 Å². The molecular weight excluding hydrogens is 394 g/mol. The Morgan fingerprint density at radius 3 is 2.75 bits per heavy atom. The lowest BCUT2D eigenvalue weighted by atomic mass is 9.77. The molecule has 1 atom stereocenters. The van der Waals surface area contributed by atoms with E-state index in [9.17, 15) is 0 Å². The van der Waals surface area contributed by atoms with Gasteiger partial charge in [0, 0.05) is 30.0 Å². The Morgan fingerprint density at radius 1 is 1.03 bits per heavy atom. The SMILES string of the molecule is CC1(C)c2ccccc2N(CCC2CCCCC2)C12C=Nc1c(ccc3ccncc13)O2. The molecule has 2 aliphatic heterocycles. The van der Waals surface area contributed by atoms with E-state index in [0.29, 0.717) is 0 Å². The van der Waals surface area contributed by atoms with Gasteiger partial charge in [-0.05, 0) is 55.3 Å². The maximum Gasteiger partial charge on any atom is 0.228 e. The van der Waals surface area contributed by atoms with E-state index in [1.165, 1.54) is 49.8 Å². The molecule has 0 N–H and O–H groups in total. The molecule has 1 unspecified atom stereocenters. The van der Waals surface area contributed by atoms with Gasteiger partial charge in [-0.15, -0.1) is 0 Å². The molecule has 0 amide bonds. The van der Waals surface area contributed by atoms with Crippen LogP contribution in [0.25, 0.3) is 10.8 Å². The van der Waals surface area contributed by atoms with Crippen LogP contribution in [0.5, 0.6) is 5.75 Å². The summed E-state index contributed by atoms with van der Waals surface area (Å²) >= 11 is 0. The number of fused-ring (bicyclic) bond motifs is 4. The summed E-state index contributed by atoms with van der Waals surface area (Å²) < 4.78 is 6.99. The van der Waals surface area contributed by atoms with Gasteiger partial charge in [0.05, 0.1) is 11.6 Å². The van der Waals surface area contributed by atoms with Crippen molar-refractivity contribution in [2.45, 2.75) is 63.5 Å². The quantitative estimate of drug-likeness (QED) is 0.463. The summed E-state index contributed by atoms with van der Waals surface area (Å²) in [6, 6.07) is 15.0. The number of pyridine rings is 1. The summed E-state index contributed by atoms with van der Waals surface area (Å²) in [5.74, 6) is 1.66. The topological polar surface area (TPSA) is 37.7 Å². The Morgan fingerprint density at radius 2 is 1.88 bits per heavy atom. The Hall–Kier alpha value is -2.88. The predicted octanol–water partition coefficient (Wildman–Crippen LogP) is 6.79. The largest absolute Gasteiger partial charge is 0.459 e. The number of benzene rings is 2. The van der Waals surface area contributed by atoms with Gasteiger partial charge in [-0.2, -0.15) is 0 Å². The van der Waals surface area contributed by atoms with Crippen molar-refractivity contribution in [3.05, 3.63) is 60.4 Å². The molecule has 4 nitrogen and oxygen atoms in total. The molecule has 4 heteroatoms. The molecular formula is C28H31N3O. The molecule has 1 aliphatic carbocycles. The molecule has 3 heterocycles. The van der Waals surface area contributed by atoms with Gasteiger partial charge in [0.1, 0.15) is 11.4 Å². The fourth-order valence-electron chi connectivity index (χ4n) is 6.12. The van der Waals surface area contributed by atoms with Crippen LogP contribution >= 0.6 is 0 Å². The highest BCUT2D eigenvalue weighted by molar-refractivity contribution is 5.99. The standard InChI is InChI=1S/C28H31N3O/c1-27(2)23-10-6-7-11-24(23)31(17-15-20-8-4-3-5-9-20)28(27)19-30-26-22-18-29-16-14-21(22)12-13-25(26)32-28/h6-7,10-14,16,18-20H,3-5,8-9,15,17H2,1-2H3. The number of hydrogen-bond acceptors (Lipinski definition) is 4. The second-order valence-electron chi connectivity index (χ2n) is 10.2. The minimum Gasteiger partial charge on any atom is -0.459 e. The van der Waals surface area contributed by atoms with Crippen molar-refractivity contribution < 1.29 is 4.74 Å². The van der Waals surface area contributed by atoms with E-state index < -0.39 is 5.72 Å². The molecule has 6 rings (SSSR count). The number of aliphatic imine (C=N–C) groups is 1. The number of nitrogens with zero attached hydrogens (tertiary/aromatic N) is 3. The van der Waals surface area contributed by atoms with Gasteiger partial charge < -0.3 is 9.64 Å². The van der Waals surface area contributed by atoms with Gasteiger partial charge in [-0.1, -0.05) is 56.4 Å². The number of ether oxygens (including phenoxy) is 1. The fourth-order valence-corrected chi connectivity index (χ4v) is 6.12. The van der Waals surface area contributed by atoms with E-state index >= 15 is 0 Å². The predicted molar refractivity (Wildman–Crippen MR) is 131 cm³/mol. The van der Waals surface area contributed by atoms with E-state index in [1.807, 2.05) is 18.5 Å². The molecule has 1 aromatic heterocycles. The fraction of sp³-hybridized carbons (Fsp3) is 0.429. The second kappa shape index (κ2) is 7.33. The van der Waals surface area contributed by atoms with Gasteiger partial charge in [-0.25, -0.2) is 0 Å². The van der Waals surface area contributed by atoms with Crippen molar-refractivity contribution in [1.29, 1.82) is 0 Å². The van der Waals surface area contributed by atoms with Crippen LogP contribution in [0.1, 0.15) is 57.9 Å². The van der Waals surface area contributed by atoms with Crippen molar-refractivity contribution in [1.82, 2.24) is 4.98 Å². The number of para-hydroxylation sites is 1. The van der Waals surface area contributed by atoms with Crippen molar-refractivity contribution in [3.8, 4) is 5.75 Å². The van der Waals surface area contributed by atoms with Crippen LogP contribution in [0.3, 0.4) is 0 Å². The molecule has 0 bridgehead atoms. The minimum atomic E-state index is -0.631. The van der Waals surface area contributed by atoms with Gasteiger partial charge in [0.25, 0.3) is 0 Å². The van der Waals surface area contributed by atoms with Crippen LogP contribution in [0.4, 0.5) is 11.4 Å². The average Bonchev–Trinajstić information content (AvgIpc) is 3.01. The molecule has 0 saturated heterocycles. The zero-order valence-electron chi connectivity index (χ0n) is 19.1. The van der Waals surface area contributed by atoms with Crippen LogP contribution in [0, 0.1) is 5.92 Å². The Balaban J connectivity index is 1.43. The maximum absolute atomic E-state index is 6.99. The first kappa shape index (κ1) is 19.8.